The van der Waals surface area contributed by atoms with Crippen LogP contribution in [0.1, 0.15) is 55.8 Å². The summed E-state index contributed by atoms with van der Waals surface area (Å²) in [6.45, 7) is 0.242. The maximum absolute atomic E-state index is 13.7. The van der Waals surface area contributed by atoms with Crippen LogP contribution in [0.15, 0.2) is 54.6 Å². The summed E-state index contributed by atoms with van der Waals surface area (Å²) in [6, 6.07) is 13.8. The Morgan fingerprint density at radius 2 is 0.662 bits per heavy atom. The van der Waals surface area contributed by atoms with Crippen LogP contribution in [-0.2, 0) is 62.0 Å². The summed E-state index contributed by atoms with van der Waals surface area (Å²) in [4.78, 5) is 108. The molecule has 422 valence electrons. The number of hydrogen-bond acceptors (Lipinski definition) is 18. The van der Waals surface area contributed by atoms with E-state index in [1.165, 1.54) is 24.3 Å². The highest BCUT2D eigenvalue weighted by atomic mass is 16.5. The van der Waals surface area contributed by atoms with Gasteiger partial charge in [-0.05, 0) is 71.1 Å². The molecule has 26 nitrogen and oxygen atoms in total. The monoisotopic (exact) mass is 1090 g/mol. The van der Waals surface area contributed by atoms with Crippen LogP contribution in [-0.4, -0.2) is 186 Å². The van der Waals surface area contributed by atoms with Crippen LogP contribution in [0.3, 0.4) is 0 Å². The van der Waals surface area contributed by atoms with Crippen molar-refractivity contribution in [2.75, 3.05) is 112 Å². The number of benzene rings is 3. The number of carbonyl (C=O) groups excluding carboxylic acids is 5. The number of carboxylic acids is 4. The summed E-state index contributed by atoms with van der Waals surface area (Å²) in [7, 11) is 0. The zero-order valence-corrected chi connectivity index (χ0v) is 42.6. The zero-order valence-electron chi connectivity index (χ0n) is 42.6. The Morgan fingerprint density at radius 3 is 0.935 bits per heavy atom. The maximum atomic E-state index is 13.7. The van der Waals surface area contributed by atoms with Gasteiger partial charge in [0.25, 0.3) is 23.6 Å². The highest BCUT2D eigenvalue weighted by molar-refractivity contribution is 5.94. The molecule has 8 N–H and O–H groups in total. The summed E-state index contributed by atoms with van der Waals surface area (Å²) >= 11 is 0. The molecule has 3 aromatic carbocycles. The first-order valence-corrected chi connectivity index (χ1v) is 24.4. The summed E-state index contributed by atoms with van der Waals surface area (Å²) in [5.41, 5.74) is 1.54. The van der Waals surface area contributed by atoms with Crippen molar-refractivity contribution in [1.29, 1.82) is 0 Å². The standard InChI is InChI=1S/C51H66N4O22/c1-2-3-12-73-51(68)38-22-34(36-24-39(74-30-43(56)52-8-17-69-13-4-47(60)61)28-40(25-36)75-31-44(57)53-9-18-70-14-5-48(62)63)21-35(23-38)37-26-41(76-32-45(58)54-10-19-71-15-6-49(64)65)29-42(27-37)77-33-46(59)55-11-20-72-16-7-50(66)67/h21-29H,2-20,30-33H2,1H3,(H,52,56)(H,53,57)(H,54,58)(H,55,59)(H,60,61)(H,62,63)(H,64,65)(H,66,67). The molecular formula is C51H66N4O22. The molecule has 4 amide bonds. The highest BCUT2D eigenvalue weighted by Gasteiger charge is 2.18. The molecule has 0 aliphatic rings. The molecule has 0 aliphatic carbocycles. The van der Waals surface area contributed by atoms with E-state index in [1.807, 2.05) is 6.92 Å². The summed E-state index contributed by atoms with van der Waals surface area (Å²) in [6.07, 6.45) is 0.478. The number of ether oxygens (including phenoxy) is 9. The van der Waals surface area contributed by atoms with Crippen LogP contribution in [0.5, 0.6) is 23.0 Å². The average molecular weight is 1090 g/mol. The lowest BCUT2D eigenvalue weighted by molar-refractivity contribution is -0.139. The van der Waals surface area contributed by atoms with Crippen molar-refractivity contribution in [2.45, 2.75) is 45.4 Å². The Hall–Kier alpha value is -8.07. The summed E-state index contributed by atoms with van der Waals surface area (Å²) in [5, 5.41) is 45.7. The molecule has 0 bridgehead atoms. The third-order valence-electron chi connectivity index (χ3n) is 9.92. The van der Waals surface area contributed by atoms with E-state index in [9.17, 15) is 43.2 Å². The van der Waals surface area contributed by atoms with Crippen molar-refractivity contribution in [3.63, 3.8) is 0 Å². The summed E-state index contributed by atoms with van der Waals surface area (Å²) < 4.78 is 50.0. The second kappa shape index (κ2) is 36.8. The second-order valence-corrected chi connectivity index (χ2v) is 16.3. The molecule has 0 aromatic heterocycles. The van der Waals surface area contributed by atoms with Crippen molar-refractivity contribution in [3.8, 4) is 45.3 Å². The van der Waals surface area contributed by atoms with Crippen LogP contribution in [0.25, 0.3) is 22.3 Å². The lowest BCUT2D eigenvalue weighted by Gasteiger charge is -2.16. The minimum atomic E-state index is -1.03. The van der Waals surface area contributed by atoms with E-state index in [2.05, 4.69) is 21.3 Å². The minimum Gasteiger partial charge on any atom is -0.484 e. The summed E-state index contributed by atoms with van der Waals surface area (Å²) in [5.74, 6) is -6.66. The van der Waals surface area contributed by atoms with Gasteiger partial charge in [0.05, 0.1) is 90.7 Å². The Labute approximate surface area is 442 Å². The van der Waals surface area contributed by atoms with E-state index in [-0.39, 0.29) is 140 Å². The van der Waals surface area contributed by atoms with Gasteiger partial charge in [0.1, 0.15) is 23.0 Å². The SMILES string of the molecule is CCCCOC(=O)c1cc(-c2cc(OCC(=O)NCCOCCC(=O)O)cc(OCC(=O)NCCOCCC(=O)O)c2)cc(-c2cc(OCC(=O)NCCOCCC(=O)O)cc(OCC(=O)NCCOCCC(=O)O)c2)c1. The van der Waals surface area contributed by atoms with E-state index in [4.69, 9.17) is 63.1 Å². The molecule has 0 spiro atoms. The van der Waals surface area contributed by atoms with Crippen molar-refractivity contribution in [1.82, 2.24) is 21.3 Å². The van der Waals surface area contributed by atoms with Crippen molar-refractivity contribution >= 4 is 53.5 Å². The molecule has 26 heteroatoms. The minimum absolute atomic E-state index is 0.0409. The van der Waals surface area contributed by atoms with E-state index in [0.29, 0.717) is 28.7 Å². The number of hydrogen-bond donors (Lipinski definition) is 8. The molecule has 77 heavy (non-hydrogen) atoms. The van der Waals surface area contributed by atoms with Gasteiger partial charge in [0, 0.05) is 38.3 Å². The van der Waals surface area contributed by atoms with Gasteiger partial charge in [0.15, 0.2) is 26.4 Å². The zero-order chi connectivity index (χ0) is 56.2. The van der Waals surface area contributed by atoms with Crippen LogP contribution in [0, 0.1) is 0 Å². The fraction of sp³-hybridized carbons (Fsp3) is 0.471. The van der Waals surface area contributed by atoms with Gasteiger partial charge < -0.3 is 84.3 Å². The van der Waals surface area contributed by atoms with E-state index in [0.717, 1.165) is 6.42 Å². The molecule has 0 saturated heterocycles. The predicted molar refractivity (Wildman–Crippen MR) is 269 cm³/mol. The van der Waals surface area contributed by atoms with E-state index >= 15 is 0 Å². The maximum Gasteiger partial charge on any atom is 0.338 e. The molecule has 0 atom stereocenters. The average Bonchev–Trinajstić information content (AvgIpc) is 3.39. The van der Waals surface area contributed by atoms with Crippen molar-refractivity contribution in [2.24, 2.45) is 0 Å². The third-order valence-corrected chi connectivity index (χ3v) is 9.92. The first kappa shape index (κ1) is 63.2. The molecule has 3 rings (SSSR count). The smallest absolute Gasteiger partial charge is 0.338 e. The Bertz CT molecular complexity index is 2140. The van der Waals surface area contributed by atoms with Crippen LogP contribution in [0.4, 0.5) is 0 Å². The number of nitrogens with one attached hydrogen (secondary N) is 4. The molecule has 0 radical (unpaired) electrons. The van der Waals surface area contributed by atoms with Crippen molar-refractivity contribution < 1.29 is 106 Å². The van der Waals surface area contributed by atoms with E-state index in [1.54, 1.807) is 30.3 Å². The lowest BCUT2D eigenvalue weighted by Crippen LogP contribution is -2.32. The molecule has 0 saturated carbocycles. The molecule has 0 unspecified atom stereocenters. The van der Waals surface area contributed by atoms with Gasteiger partial charge in [-0.3, -0.25) is 38.4 Å². The molecule has 0 aliphatic heterocycles. The number of esters is 1. The third kappa shape index (κ3) is 29.0. The predicted octanol–water partition coefficient (Wildman–Crippen LogP) is 1.92. The first-order valence-electron chi connectivity index (χ1n) is 24.4. The number of carbonyl (C=O) groups is 9. The highest BCUT2D eigenvalue weighted by Crippen LogP contribution is 2.36. The normalized spacial score (nSPS) is 10.7. The second-order valence-electron chi connectivity index (χ2n) is 16.3. The van der Waals surface area contributed by atoms with Crippen molar-refractivity contribution in [3.05, 3.63) is 60.2 Å². The molecular weight excluding hydrogens is 1020 g/mol. The number of amides is 4. The number of rotatable bonds is 42. The quantitative estimate of drug-likeness (QED) is 0.0297. The van der Waals surface area contributed by atoms with Gasteiger partial charge in [-0.25, -0.2) is 4.79 Å². The fourth-order valence-electron chi connectivity index (χ4n) is 6.18. The first-order chi connectivity index (χ1) is 37.0. The Kier molecular flexibility index (Phi) is 30.2. The Morgan fingerprint density at radius 1 is 0.377 bits per heavy atom. The lowest BCUT2D eigenvalue weighted by atomic mass is 9.95. The van der Waals surface area contributed by atoms with Crippen LogP contribution < -0.4 is 40.2 Å². The number of carboxylic acid groups (broad SMARTS) is 4. The van der Waals surface area contributed by atoms with Gasteiger partial charge in [0.2, 0.25) is 0 Å². The Balaban J connectivity index is 2.02. The number of aliphatic carboxylic acids is 4. The van der Waals surface area contributed by atoms with Gasteiger partial charge in [-0.2, -0.15) is 0 Å². The molecule has 3 aromatic rings. The molecule has 0 fully saturated rings. The van der Waals surface area contributed by atoms with Gasteiger partial charge >= 0.3 is 29.8 Å². The van der Waals surface area contributed by atoms with Crippen LogP contribution in [0.2, 0.25) is 0 Å². The van der Waals surface area contributed by atoms with E-state index < -0.39 is 79.9 Å². The van der Waals surface area contributed by atoms with Crippen LogP contribution >= 0.6 is 0 Å². The topological polar surface area (TPSA) is 366 Å². The molecule has 0 heterocycles. The fourth-order valence-corrected chi connectivity index (χ4v) is 6.18. The van der Waals surface area contributed by atoms with Gasteiger partial charge in [-0.1, -0.05) is 13.3 Å². The largest absolute Gasteiger partial charge is 0.484 e. The van der Waals surface area contributed by atoms with Gasteiger partial charge in [-0.15, -0.1) is 0 Å². The number of unbranched alkanes of at least 4 members (excludes halogenated alkanes) is 1.